The monoisotopic (exact) mass is 252 g/mol. The van der Waals surface area contributed by atoms with Gasteiger partial charge in [-0.2, -0.15) is 0 Å². The van der Waals surface area contributed by atoms with E-state index >= 15 is 0 Å². The fourth-order valence-electron chi connectivity index (χ4n) is 4.89. The Balaban J connectivity index is 1.98. The maximum Gasteiger partial charge on any atom is 0.167 e. The van der Waals surface area contributed by atoms with E-state index in [0.717, 1.165) is 12.3 Å². The van der Waals surface area contributed by atoms with Crippen LogP contribution in [0.1, 0.15) is 53.4 Å². The first-order chi connectivity index (χ1) is 8.03. The third-order valence-corrected chi connectivity index (χ3v) is 6.35. The van der Waals surface area contributed by atoms with Gasteiger partial charge in [0.25, 0.3) is 0 Å². The lowest BCUT2D eigenvalue weighted by molar-refractivity contribution is -0.187. The van der Waals surface area contributed by atoms with E-state index in [1.165, 1.54) is 6.42 Å². The van der Waals surface area contributed by atoms with Crippen molar-refractivity contribution in [2.45, 2.75) is 64.6 Å². The van der Waals surface area contributed by atoms with E-state index in [9.17, 15) is 15.0 Å². The number of Topliss-reactive ketones (excluding diaryl/α,β-unsaturated/α-hetero) is 1. The van der Waals surface area contributed by atoms with Crippen LogP contribution in [0.15, 0.2) is 0 Å². The number of hydrogen-bond acceptors (Lipinski definition) is 3. The van der Waals surface area contributed by atoms with Crippen LogP contribution in [-0.4, -0.2) is 27.2 Å². The average Bonchev–Trinajstić information content (AvgIpc) is 2.75. The van der Waals surface area contributed by atoms with Crippen LogP contribution in [0.2, 0.25) is 0 Å². The summed E-state index contributed by atoms with van der Waals surface area (Å²) < 4.78 is 0. The third-order valence-electron chi connectivity index (χ3n) is 6.35. The molecule has 0 aromatic carbocycles. The fourth-order valence-corrected chi connectivity index (χ4v) is 4.89. The predicted molar refractivity (Wildman–Crippen MR) is 67.9 cm³/mol. The van der Waals surface area contributed by atoms with Gasteiger partial charge < -0.3 is 10.2 Å². The zero-order valence-corrected chi connectivity index (χ0v) is 11.8. The molecule has 3 nitrogen and oxygen atoms in total. The molecule has 0 radical (unpaired) electrons. The van der Waals surface area contributed by atoms with Crippen LogP contribution in [0, 0.1) is 22.7 Å². The molecule has 0 saturated heterocycles. The first-order valence-electron chi connectivity index (χ1n) is 7.01. The lowest BCUT2D eigenvalue weighted by atomic mass is 9.57. The molecule has 0 spiro atoms. The molecule has 0 bridgehead atoms. The maximum atomic E-state index is 12.3. The van der Waals surface area contributed by atoms with Crippen LogP contribution in [0.25, 0.3) is 0 Å². The summed E-state index contributed by atoms with van der Waals surface area (Å²) in [4.78, 5) is 12.3. The van der Waals surface area contributed by atoms with Gasteiger partial charge in [-0.05, 0) is 55.8 Å². The Morgan fingerprint density at radius 2 is 1.83 bits per heavy atom. The van der Waals surface area contributed by atoms with Crippen LogP contribution in [-0.2, 0) is 4.79 Å². The summed E-state index contributed by atoms with van der Waals surface area (Å²) in [5.41, 5.74) is -2.56. The van der Waals surface area contributed by atoms with Crippen molar-refractivity contribution in [2.24, 2.45) is 22.7 Å². The molecular weight excluding hydrogens is 228 g/mol. The normalized spacial score (nSPS) is 55.1. The van der Waals surface area contributed by atoms with Gasteiger partial charge in [-0.25, -0.2) is 0 Å². The van der Waals surface area contributed by atoms with Crippen LogP contribution in [0.3, 0.4) is 0 Å². The minimum atomic E-state index is -1.56. The minimum Gasteiger partial charge on any atom is -0.387 e. The molecular formula is C15H24O3. The second-order valence-electron chi connectivity index (χ2n) is 8.04. The average molecular weight is 252 g/mol. The van der Waals surface area contributed by atoms with Crippen molar-refractivity contribution < 1.29 is 15.0 Å². The van der Waals surface area contributed by atoms with Gasteiger partial charge in [0, 0.05) is 6.42 Å². The Morgan fingerprint density at radius 1 is 1.22 bits per heavy atom. The number of fused-ring (bicyclic) bond motifs is 3. The smallest absolute Gasteiger partial charge is 0.167 e. The zero-order valence-electron chi connectivity index (χ0n) is 11.8. The van der Waals surface area contributed by atoms with Crippen molar-refractivity contribution in [1.82, 2.24) is 0 Å². The van der Waals surface area contributed by atoms with Crippen molar-refractivity contribution in [3.8, 4) is 0 Å². The first kappa shape index (κ1) is 12.6. The van der Waals surface area contributed by atoms with E-state index in [2.05, 4.69) is 13.8 Å². The standard InChI is InChI=1S/C15H24O3/c1-12(2,17)15(18)7-10-13(3,8-11(15)16)5-9-6-14(9,10)4/h9-10,17-18H,5-8H2,1-4H3/t9-,10-,13-,14-,15-/m1/s1. The fraction of sp³-hybridized carbons (Fsp3) is 0.933. The molecule has 3 aliphatic rings. The molecule has 3 rings (SSSR count). The number of carbonyl (C=O) groups excluding carboxylic acids is 1. The van der Waals surface area contributed by atoms with Gasteiger partial charge in [0.05, 0.1) is 5.60 Å². The number of ketones is 1. The van der Waals surface area contributed by atoms with Gasteiger partial charge in [0.2, 0.25) is 0 Å². The molecule has 3 heteroatoms. The summed E-state index contributed by atoms with van der Waals surface area (Å²) in [7, 11) is 0. The molecule has 0 amide bonds. The van der Waals surface area contributed by atoms with Crippen LogP contribution >= 0.6 is 0 Å². The Bertz CT molecular complexity index is 424. The summed E-state index contributed by atoms with van der Waals surface area (Å²) in [5, 5.41) is 20.9. The second-order valence-corrected chi connectivity index (χ2v) is 8.04. The van der Waals surface area contributed by atoms with E-state index in [-0.39, 0.29) is 11.2 Å². The van der Waals surface area contributed by atoms with Gasteiger partial charge >= 0.3 is 0 Å². The van der Waals surface area contributed by atoms with E-state index in [1.54, 1.807) is 13.8 Å². The van der Waals surface area contributed by atoms with Crippen molar-refractivity contribution in [3.63, 3.8) is 0 Å². The lowest BCUT2D eigenvalue weighted by Gasteiger charge is -2.50. The summed E-state index contributed by atoms with van der Waals surface area (Å²) in [6.07, 6.45) is 3.19. The van der Waals surface area contributed by atoms with Crippen molar-refractivity contribution >= 4 is 5.78 Å². The first-order valence-corrected chi connectivity index (χ1v) is 7.01. The molecule has 102 valence electrons. The summed E-state index contributed by atoms with van der Waals surface area (Å²) in [6, 6.07) is 0. The molecule has 3 aliphatic carbocycles. The Morgan fingerprint density at radius 3 is 2.39 bits per heavy atom. The molecule has 3 fully saturated rings. The summed E-state index contributed by atoms with van der Waals surface area (Å²) >= 11 is 0. The summed E-state index contributed by atoms with van der Waals surface area (Å²) in [5.74, 6) is 0.923. The molecule has 3 saturated carbocycles. The molecule has 0 heterocycles. The van der Waals surface area contributed by atoms with Gasteiger partial charge in [-0.1, -0.05) is 13.8 Å². The van der Waals surface area contributed by atoms with Crippen molar-refractivity contribution in [3.05, 3.63) is 0 Å². The highest BCUT2D eigenvalue weighted by Crippen LogP contribution is 2.75. The minimum absolute atomic E-state index is 0.0478. The molecule has 2 N–H and O–H groups in total. The number of carbonyl (C=O) groups is 1. The molecule has 0 aromatic rings. The number of rotatable bonds is 1. The van der Waals surface area contributed by atoms with Crippen molar-refractivity contribution in [2.75, 3.05) is 0 Å². The Kier molecular flexibility index (Phi) is 2.11. The molecule has 0 unspecified atom stereocenters. The highest BCUT2D eigenvalue weighted by Gasteiger charge is 2.72. The molecule has 0 aliphatic heterocycles. The van der Waals surface area contributed by atoms with E-state index < -0.39 is 11.2 Å². The molecule has 18 heavy (non-hydrogen) atoms. The van der Waals surface area contributed by atoms with Gasteiger partial charge in [0.1, 0.15) is 0 Å². The number of hydrogen-bond donors (Lipinski definition) is 2. The van der Waals surface area contributed by atoms with E-state index in [1.807, 2.05) is 0 Å². The van der Waals surface area contributed by atoms with Gasteiger partial charge in [-0.3, -0.25) is 4.79 Å². The molecule has 0 aromatic heterocycles. The third kappa shape index (κ3) is 1.30. The van der Waals surface area contributed by atoms with Crippen LogP contribution < -0.4 is 0 Å². The second kappa shape index (κ2) is 3.01. The molecule has 5 atom stereocenters. The Hall–Kier alpha value is -0.410. The topological polar surface area (TPSA) is 57.5 Å². The lowest BCUT2D eigenvalue weighted by Crippen LogP contribution is -2.62. The van der Waals surface area contributed by atoms with E-state index in [0.29, 0.717) is 24.2 Å². The number of aliphatic hydroxyl groups is 2. The quantitative estimate of drug-likeness (QED) is 0.749. The highest BCUT2D eigenvalue weighted by molar-refractivity contribution is 5.90. The predicted octanol–water partition coefficient (Wildman–Crippen LogP) is 1.90. The summed E-state index contributed by atoms with van der Waals surface area (Å²) in [6.45, 7) is 7.58. The maximum absolute atomic E-state index is 12.3. The SMILES string of the molecule is CC(C)(O)[C@@]1(O)C[C@@H]2[C@@](C)(CC1=O)C[C@@H]1C[C@]12C. The van der Waals surface area contributed by atoms with Crippen molar-refractivity contribution in [1.29, 1.82) is 0 Å². The van der Waals surface area contributed by atoms with Crippen LogP contribution in [0.4, 0.5) is 0 Å². The van der Waals surface area contributed by atoms with E-state index in [4.69, 9.17) is 0 Å². The van der Waals surface area contributed by atoms with Gasteiger partial charge in [0.15, 0.2) is 11.4 Å². The largest absolute Gasteiger partial charge is 0.387 e. The highest BCUT2D eigenvalue weighted by atomic mass is 16.4. The zero-order chi connectivity index (χ0) is 13.6. The van der Waals surface area contributed by atoms with Gasteiger partial charge in [-0.15, -0.1) is 0 Å². The van der Waals surface area contributed by atoms with Crippen LogP contribution in [0.5, 0.6) is 0 Å². The Labute approximate surface area is 109 Å².